The summed E-state index contributed by atoms with van der Waals surface area (Å²) in [5.41, 5.74) is 1.21. The minimum atomic E-state index is -0.512. The van der Waals surface area contributed by atoms with Crippen LogP contribution in [-0.4, -0.2) is 58.6 Å². The maximum absolute atomic E-state index is 12.7. The highest BCUT2D eigenvalue weighted by Gasteiger charge is 2.35. The molecule has 6 nitrogen and oxygen atoms in total. The number of carbonyl (C=O) groups excluding carboxylic acids is 3. The van der Waals surface area contributed by atoms with Gasteiger partial charge in [-0.1, -0.05) is 18.2 Å². The number of amides is 3. The van der Waals surface area contributed by atoms with Crippen LogP contribution in [0.25, 0.3) is 0 Å². The van der Waals surface area contributed by atoms with Gasteiger partial charge in [0.2, 0.25) is 5.91 Å². The highest BCUT2D eigenvalue weighted by molar-refractivity contribution is 8.13. The Balaban J connectivity index is 1.63. The maximum Gasteiger partial charge on any atom is 0.285 e. The lowest BCUT2D eigenvalue weighted by Gasteiger charge is -2.23. The Labute approximate surface area is 172 Å². The first-order chi connectivity index (χ1) is 13.5. The molecular weight excluding hydrogens is 394 g/mol. The SMILES string of the molecule is CN(C)C(=O)Sc1ccc(NC(=O)C2CSCN2C(=O)c2ccccc2)cc1. The van der Waals surface area contributed by atoms with Crippen molar-refractivity contribution in [3.8, 4) is 0 Å². The van der Waals surface area contributed by atoms with Crippen LogP contribution in [0.1, 0.15) is 10.4 Å². The van der Waals surface area contributed by atoms with Gasteiger partial charge >= 0.3 is 0 Å². The molecule has 1 N–H and O–H groups in total. The van der Waals surface area contributed by atoms with E-state index >= 15 is 0 Å². The summed E-state index contributed by atoms with van der Waals surface area (Å²) in [6, 6.07) is 15.6. The van der Waals surface area contributed by atoms with Gasteiger partial charge in [0.1, 0.15) is 6.04 Å². The van der Waals surface area contributed by atoms with Crippen molar-refractivity contribution in [2.75, 3.05) is 31.0 Å². The largest absolute Gasteiger partial charge is 0.339 e. The molecule has 0 bridgehead atoms. The first kappa shape index (κ1) is 20.3. The Kier molecular flexibility index (Phi) is 6.64. The van der Waals surface area contributed by atoms with Gasteiger partial charge in [-0.25, -0.2) is 0 Å². The maximum atomic E-state index is 12.7. The van der Waals surface area contributed by atoms with Crippen molar-refractivity contribution in [1.82, 2.24) is 9.80 Å². The molecule has 1 fully saturated rings. The average Bonchev–Trinajstić information content (AvgIpc) is 3.19. The molecule has 0 spiro atoms. The molecule has 1 aliphatic rings. The lowest BCUT2D eigenvalue weighted by molar-refractivity contribution is -0.119. The van der Waals surface area contributed by atoms with Crippen LogP contribution >= 0.6 is 23.5 Å². The second kappa shape index (κ2) is 9.16. The Morgan fingerprint density at radius 1 is 1.07 bits per heavy atom. The predicted molar refractivity (Wildman–Crippen MR) is 114 cm³/mol. The summed E-state index contributed by atoms with van der Waals surface area (Å²) in [6.45, 7) is 0. The van der Waals surface area contributed by atoms with Crippen LogP contribution < -0.4 is 5.32 Å². The standard InChI is InChI=1S/C20H21N3O3S2/c1-22(2)20(26)28-16-10-8-15(9-11-16)21-18(24)17-12-27-13-23(17)19(25)14-6-4-3-5-7-14/h3-11,17H,12-13H2,1-2H3,(H,21,24). The lowest BCUT2D eigenvalue weighted by Crippen LogP contribution is -2.44. The topological polar surface area (TPSA) is 69.7 Å². The van der Waals surface area contributed by atoms with E-state index < -0.39 is 6.04 Å². The number of thioether (sulfide) groups is 2. The number of hydrogen-bond acceptors (Lipinski definition) is 5. The molecule has 0 radical (unpaired) electrons. The van der Waals surface area contributed by atoms with E-state index in [-0.39, 0.29) is 17.1 Å². The van der Waals surface area contributed by atoms with Gasteiger partial charge in [-0.05, 0) is 48.2 Å². The van der Waals surface area contributed by atoms with Crippen LogP contribution in [0.4, 0.5) is 10.5 Å². The molecule has 0 aromatic heterocycles. The third-order valence-corrected chi connectivity index (χ3v) is 6.22. The number of nitrogens with zero attached hydrogens (tertiary/aromatic N) is 2. The van der Waals surface area contributed by atoms with E-state index in [0.717, 1.165) is 16.7 Å². The third-order valence-electron chi connectivity index (χ3n) is 4.16. The third kappa shape index (κ3) is 4.88. The van der Waals surface area contributed by atoms with Gasteiger partial charge in [-0.15, -0.1) is 11.8 Å². The van der Waals surface area contributed by atoms with Crippen molar-refractivity contribution in [2.45, 2.75) is 10.9 Å². The Bertz CT molecular complexity index is 857. The van der Waals surface area contributed by atoms with Crippen molar-refractivity contribution >= 4 is 46.3 Å². The number of hydrogen-bond donors (Lipinski definition) is 1. The summed E-state index contributed by atoms with van der Waals surface area (Å²) in [4.78, 5) is 41.1. The molecule has 1 saturated heterocycles. The zero-order valence-electron chi connectivity index (χ0n) is 15.6. The molecule has 8 heteroatoms. The molecule has 1 aliphatic heterocycles. The predicted octanol–water partition coefficient (Wildman–Crippen LogP) is 3.61. The number of rotatable bonds is 4. The van der Waals surface area contributed by atoms with Crippen molar-refractivity contribution in [1.29, 1.82) is 0 Å². The first-order valence-electron chi connectivity index (χ1n) is 8.69. The van der Waals surface area contributed by atoms with Crippen LogP contribution in [0.2, 0.25) is 0 Å². The van der Waals surface area contributed by atoms with E-state index in [2.05, 4.69) is 5.32 Å². The van der Waals surface area contributed by atoms with Gasteiger partial charge < -0.3 is 15.1 Å². The van der Waals surface area contributed by atoms with Crippen LogP contribution in [0.3, 0.4) is 0 Å². The van der Waals surface area contributed by atoms with Crippen LogP contribution in [0.15, 0.2) is 59.5 Å². The summed E-state index contributed by atoms with van der Waals surface area (Å²) in [7, 11) is 3.40. The molecule has 1 heterocycles. The molecule has 1 unspecified atom stereocenters. The van der Waals surface area contributed by atoms with Crippen molar-refractivity contribution in [2.24, 2.45) is 0 Å². The number of nitrogens with one attached hydrogen (secondary N) is 1. The van der Waals surface area contributed by atoms with E-state index in [1.807, 2.05) is 18.2 Å². The zero-order chi connectivity index (χ0) is 20.1. The summed E-state index contributed by atoms with van der Waals surface area (Å²) in [6.07, 6.45) is 0. The number of carbonyl (C=O) groups is 3. The van der Waals surface area contributed by atoms with Crippen LogP contribution in [0, 0.1) is 0 Å². The normalized spacial score (nSPS) is 15.9. The van der Waals surface area contributed by atoms with Crippen LogP contribution in [-0.2, 0) is 4.79 Å². The molecule has 28 heavy (non-hydrogen) atoms. The minimum Gasteiger partial charge on any atom is -0.339 e. The van der Waals surface area contributed by atoms with Gasteiger partial charge in [0.05, 0.1) is 5.88 Å². The molecule has 1 atom stereocenters. The monoisotopic (exact) mass is 415 g/mol. The van der Waals surface area contributed by atoms with Crippen molar-refractivity contribution < 1.29 is 14.4 Å². The second-order valence-electron chi connectivity index (χ2n) is 6.43. The molecule has 0 aliphatic carbocycles. The van der Waals surface area contributed by atoms with Gasteiger partial charge in [0, 0.05) is 36.0 Å². The quantitative estimate of drug-likeness (QED) is 0.773. The number of benzene rings is 2. The highest BCUT2D eigenvalue weighted by Crippen LogP contribution is 2.26. The lowest BCUT2D eigenvalue weighted by atomic mass is 10.1. The molecule has 3 amide bonds. The molecule has 3 rings (SSSR count). The van der Waals surface area contributed by atoms with Crippen molar-refractivity contribution in [3.63, 3.8) is 0 Å². The van der Waals surface area contributed by atoms with Crippen molar-refractivity contribution in [3.05, 3.63) is 60.2 Å². The van der Waals surface area contributed by atoms with Gasteiger partial charge in [0.25, 0.3) is 11.1 Å². The average molecular weight is 416 g/mol. The van der Waals surface area contributed by atoms with E-state index in [4.69, 9.17) is 0 Å². The Morgan fingerprint density at radius 3 is 2.39 bits per heavy atom. The molecular formula is C20H21N3O3S2. The van der Waals surface area contributed by atoms with Gasteiger partial charge in [-0.2, -0.15) is 0 Å². The first-order valence-corrected chi connectivity index (χ1v) is 10.7. The van der Waals surface area contributed by atoms with Crippen LogP contribution in [0.5, 0.6) is 0 Å². The fourth-order valence-corrected chi connectivity index (χ4v) is 4.44. The van der Waals surface area contributed by atoms with E-state index in [1.54, 1.807) is 67.2 Å². The molecule has 146 valence electrons. The highest BCUT2D eigenvalue weighted by atomic mass is 32.2. The van der Waals surface area contributed by atoms with E-state index in [1.165, 1.54) is 4.90 Å². The summed E-state index contributed by atoms with van der Waals surface area (Å²) >= 11 is 2.69. The summed E-state index contributed by atoms with van der Waals surface area (Å²) in [5, 5.41) is 2.81. The smallest absolute Gasteiger partial charge is 0.285 e. The zero-order valence-corrected chi connectivity index (χ0v) is 17.3. The summed E-state index contributed by atoms with van der Waals surface area (Å²) in [5.74, 6) is 0.711. The minimum absolute atomic E-state index is 0.0603. The number of anilines is 1. The molecule has 2 aromatic rings. The fraction of sp³-hybridized carbons (Fsp3) is 0.250. The Hall–Kier alpha value is -2.45. The second-order valence-corrected chi connectivity index (χ2v) is 8.46. The van der Waals surface area contributed by atoms with Gasteiger partial charge in [0.15, 0.2) is 0 Å². The molecule has 2 aromatic carbocycles. The Morgan fingerprint density at radius 2 is 1.75 bits per heavy atom. The van der Waals surface area contributed by atoms with Gasteiger partial charge in [-0.3, -0.25) is 14.4 Å². The van der Waals surface area contributed by atoms with E-state index in [9.17, 15) is 14.4 Å². The fourth-order valence-electron chi connectivity index (χ4n) is 2.63. The molecule has 0 saturated carbocycles. The summed E-state index contributed by atoms with van der Waals surface area (Å²) < 4.78 is 0. The van der Waals surface area contributed by atoms with E-state index in [0.29, 0.717) is 22.9 Å².